The van der Waals surface area contributed by atoms with Gasteiger partial charge in [0.15, 0.2) is 9.84 Å². The van der Waals surface area contributed by atoms with Gasteiger partial charge in [0.05, 0.1) is 11.5 Å². The molecule has 1 heterocycles. The molecule has 100 valence electrons. The smallest absolute Gasteiger partial charge is 0.150 e. The van der Waals surface area contributed by atoms with Crippen LogP contribution in [0.3, 0.4) is 0 Å². The Bertz CT molecular complexity index is 495. The summed E-state index contributed by atoms with van der Waals surface area (Å²) in [6.45, 7) is 0. The van der Waals surface area contributed by atoms with Crippen molar-refractivity contribution in [3.63, 3.8) is 0 Å². The molecule has 5 heteroatoms. The van der Waals surface area contributed by atoms with Crippen LogP contribution in [0.25, 0.3) is 0 Å². The fourth-order valence-electron chi connectivity index (χ4n) is 2.64. The predicted molar refractivity (Wildman–Crippen MR) is 82.5 cm³/mol. The minimum absolute atomic E-state index is 0.134. The van der Waals surface area contributed by atoms with Gasteiger partial charge in [0.25, 0.3) is 0 Å². The number of sulfone groups is 1. The molecule has 1 saturated heterocycles. The van der Waals surface area contributed by atoms with Crippen molar-refractivity contribution in [2.75, 3.05) is 22.2 Å². The van der Waals surface area contributed by atoms with Gasteiger partial charge in [-0.25, -0.2) is 8.42 Å². The van der Waals surface area contributed by atoms with Crippen LogP contribution in [0.5, 0.6) is 0 Å². The highest BCUT2D eigenvalue weighted by molar-refractivity contribution is 9.09. The van der Waals surface area contributed by atoms with Crippen LogP contribution in [0.4, 0.5) is 0 Å². The van der Waals surface area contributed by atoms with Crippen LogP contribution in [0.2, 0.25) is 0 Å². The van der Waals surface area contributed by atoms with Crippen LogP contribution in [0.15, 0.2) is 30.3 Å². The molecule has 0 N–H and O–H groups in total. The van der Waals surface area contributed by atoms with E-state index in [9.17, 15) is 8.42 Å². The average molecular weight is 396 g/mol. The van der Waals surface area contributed by atoms with Gasteiger partial charge < -0.3 is 0 Å². The van der Waals surface area contributed by atoms with Crippen molar-refractivity contribution in [3.8, 4) is 0 Å². The Balaban J connectivity index is 2.39. The van der Waals surface area contributed by atoms with Gasteiger partial charge in [-0.1, -0.05) is 62.2 Å². The van der Waals surface area contributed by atoms with Crippen LogP contribution < -0.4 is 0 Å². The fourth-order valence-corrected chi connectivity index (χ4v) is 7.05. The zero-order valence-electron chi connectivity index (χ0n) is 9.98. The third-order valence-electron chi connectivity index (χ3n) is 3.84. The zero-order valence-corrected chi connectivity index (χ0v) is 14.0. The largest absolute Gasteiger partial charge is 0.229 e. The SMILES string of the molecule is O=S1(=O)CCC(C(CBr)(CBr)c2ccccc2)C1. The first kappa shape index (κ1) is 14.5. The molecule has 0 aromatic heterocycles. The van der Waals surface area contributed by atoms with Gasteiger partial charge in [-0.3, -0.25) is 0 Å². The lowest BCUT2D eigenvalue weighted by Crippen LogP contribution is -2.39. The van der Waals surface area contributed by atoms with Crippen molar-refractivity contribution in [2.24, 2.45) is 5.92 Å². The molecule has 2 nitrogen and oxygen atoms in total. The second kappa shape index (κ2) is 5.63. The summed E-state index contributed by atoms with van der Waals surface area (Å²) in [6, 6.07) is 10.2. The number of rotatable bonds is 4. The first-order valence-electron chi connectivity index (χ1n) is 5.92. The van der Waals surface area contributed by atoms with Crippen LogP contribution in [-0.2, 0) is 15.3 Å². The van der Waals surface area contributed by atoms with E-state index in [4.69, 9.17) is 0 Å². The van der Waals surface area contributed by atoms with E-state index >= 15 is 0 Å². The lowest BCUT2D eigenvalue weighted by molar-refractivity contribution is 0.369. The van der Waals surface area contributed by atoms with Crippen molar-refractivity contribution in [3.05, 3.63) is 35.9 Å². The minimum atomic E-state index is -2.85. The van der Waals surface area contributed by atoms with E-state index in [0.29, 0.717) is 11.5 Å². The Morgan fingerprint density at radius 1 is 1.17 bits per heavy atom. The highest BCUT2D eigenvalue weighted by Gasteiger charge is 2.44. The summed E-state index contributed by atoms with van der Waals surface area (Å²) in [7, 11) is -2.85. The molecular weight excluding hydrogens is 380 g/mol. The maximum Gasteiger partial charge on any atom is 0.150 e. The van der Waals surface area contributed by atoms with Crippen molar-refractivity contribution >= 4 is 41.7 Å². The number of hydrogen-bond acceptors (Lipinski definition) is 2. The number of halogens is 2. The lowest BCUT2D eigenvalue weighted by Gasteiger charge is -2.36. The molecule has 2 rings (SSSR count). The van der Waals surface area contributed by atoms with Gasteiger partial charge in [0.1, 0.15) is 0 Å². The normalized spacial score (nSPS) is 23.1. The molecule has 1 aliphatic rings. The Morgan fingerprint density at radius 3 is 2.22 bits per heavy atom. The standard InChI is InChI=1S/C13H16Br2O2S/c14-9-13(10-15,11-4-2-1-3-5-11)12-6-7-18(16,17)8-12/h1-5,12H,6-10H2. The maximum absolute atomic E-state index is 11.7. The average Bonchev–Trinajstić information content (AvgIpc) is 2.74. The van der Waals surface area contributed by atoms with Crippen molar-refractivity contribution in [1.82, 2.24) is 0 Å². The Kier molecular flexibility index (Phi) is 4.55. The van der Waals surface area contributed by atoms with Gasteiger partial charge >= 0.3 is 0 Å². The Labute approximate surface area is 125 Å². The third kappa shape index (κ3) is 2.68. The summed E-state index contributed by atoms with van der Waals surface area (Å²) in [5.74, 6) is 0.814. The van der Waals surface area contributed by atoms with E-state index < -0.39 is 9.84 Å². The minimum Gasteiger partial charge on any atom is -0.229 e. The first-order valence-corrected chi connectivity index (χ1v) is 9.98. The van der Waals surface area contributed by atoms with Gasteiger partial charge in [-0.15, -0.1) is 0 Å². The van der Waals surface area contributed by atoms with Gasteiger partial charge in [-0.05, 0) is 17.9 Å². The quantitative estimate of drug-likeness (QED) is 0.733. The second-order valence-corrected chi connectivity index (χ2v) is 8.24. The molecule has 1 fully saturated rings. The molecule has 0 radical (unpaired) electrons. The fraction of sp³-hybridized carbons (Fsp3) is 0.538. The van der Waals surface area contributed by atoms with E-state index in [1.807, 2.05) is 18.2 Å². The molecule has 1 aromatic rings. The van der Waals surface area contributed by atoms with E-state index in [0.717, 1.165) is 17.1 Å². The summed E-state index contributed by atoms with van der Waals surface area (Å²) in [4.78, 5) is 0. The van der Waals surface area contributed by atoms with E-state index in [1.165, 1.54) is 5.56 Å². The van der Waals surface area contributed by atoms with Crippen LogP contribution in [0, 0.1) is 5.92 Å². The molecular formula is C13H16Br2O2S. The number of benzene rings is 1. The summed E-state index contributed by atoms with van der Waals surface area (Å²) in [6.07, 6.45) is 0.758. The molecule has 18 heavy (non-hydrogen) atoms. The van der Waals surface area contributed by atoms with Crippen molar-refractivity contribution in [1.29, 1.82) is 0 Å². The highest BCUT2D eigenvalue weighted by atomic mass is 79.9. The topological polar surface area (TPSA) is 34.1 Å². The molecule has 1 aliphatic heterocycles. The summed E-state index contributed by atoms with van der Waals surface area (Å²) >= 11 is 7.19. The molecule has 1 aromatic carbocycles. The van der Waals surface area contributed by atoms with Gasteiger partial charge in [0, 0.05) is 16.1 Å². The molecule has 0 spiro atoms. The molecule has 1 atom stereocenters. The predicted octanol–water partition coefficient (Wildman–Crippen LogP) is 3.15. The van der Waals surface area contributed by atoms with Gasteiger partial charge in [-0.2, -0.15) is 0 Å². The zero-order chi connectivity index (χ0) is 13.2. The monoisotopic (exact) mass is 394 g/mol. The summed E-state index contributed by atoms with van der Waals surface area (Å²) < 4.78 is 23.4. The Hall–Kier alpha value is 0.130. The first-order chi connectivity index (χ1) is 8.54. The van der Waals surface area contributed by atoms with Crippen LogP contribution >= 0.6 is 31.9 Å². The molecule has 0 amide bonds. The molecule has 0 bridgehead atoms. The maximum atomic E-state index is 11.7. The molecule has 0 saturated carbocycles. The van der Waals surface area contributed by atoms with Crippen LogP contribution in [0.1, 0.15) is 12.0 Å². The molecule has 1 unspecified atom stereocenters. The highest BCUT2D eigenvalue weighted by Crippen LogP contribution is 2.41. The molecule has 0 aliphatic carbocycles. The summed E-state index contributed by atoms with van der Waals surface area (Å²) in [5, 5.41) is 1.55. The van der Waals surface area contributed by atoms with E-state index in [-0.39, 0.29) is 11.3 Å². The van der Waals surface area contributed by atoms with E-state index in [2.05, 4.69) is 44.0 Å². The summed E-state index contributed by atoms with van der Waals surface area (Å²) in [5.41, 5.74) is 1.08. The van der Waals surface area contributed by atoms with Crippen LogP contribution in [-0.4, -0.2) is 30.6 Å². The van der Waals surface area contributed by atoms with E-state index in [1.54, 1.807) is 0 Å². The number of hydrogen-bond donors (Lipinski definition) is 0. The third-order valence-corrected chi connectivity index (χ3v) is 7.61. The second-order valence-electron chi connectivity index (χ2n) is 4.89. The van der Waals surface area contributed by atoms with Crippen molar-refractivity contribution < 1.29 is 8.42 Å². The van der Waals surface area contributed by atoms with Gasteiger partial charge in [0.2, 0.25) is 0 Å². The Morgan fingerprint density at radius 2 is 1.78 bits per heavy atom. The van der Waals surface area contributed by atoms with Crippen molar-refractivity contribution in [2.45, 2.75) is 11.8 Å². The lowest BCUT2D eigenvalue weighted by atomic mass is 9.73. The number of alkyl halides is 2.